The van der Waals surface area contributed by atoms with Gasteiger partial charge in [0, 0.05) is 30.6 Å². The van der Waals surface area contributed by atoms with Crippen LogP contribution in [0.4, 0.5) is 5.69 Å². The predicted molar refractivity (Wildman–Crippen MR) is 112 cm³/mol. The first-order chi connectivity index (χ1) is 14.0. The van der Waals surface area contributed by atoms with E-state index in [2.05, 4.69) is 4.98 Å². The maximum atomic E-state index is 13.2. The highest BCUT2D eigenvalue weighted by Crippen LogP contribution is 2.30. The topological polar surface area (TPSA) is 104 Å². The average molecular weight is 413 g/mol. The van der Waals surface area contributed by atoms with Gasteiger partial charge in [-0.25, -0.2) is 9.78 Å². The number of nitrogens with zero attached hydrogens (tertiary/aromatic N) is 5. The molecule has 4 aromatic rings. The number of hydrogen-bond donors (Lipinski definition) is 0. The highest BCUT2D eigenvalue weighted by atomic mass is 32.1. The van der Waals surface area contributed by atoms with Gasteiger partial charge in [0.15, 0.2) is 16.1 Å². The fraction of sp³-hybridized carbons (Fsp3) is 0.316. The number of rotatable bonds is 6. The molecule has 4 rings (SSSR count). The van der Waals surface area contributed by atoms with Crippen molar-refractivity contribution in [1.29, 1.82) is 0 Å². The van der Waals surface area contributed by atoms with Gasteiger partial charge >= 0.3 is 5.69 Å². The van der Waals surface area contributed by atoms with Gasteiger partial charge in [-0.15, -0.1) is 11.3 Å². The summed E-state index contributed by atoms with van der Waals surface area (Å²) in [4.78, 5) is 41.7. The molecule has 0 unspecified atom stereocenters. The molecule has 0 aliphatic carbocycles. The van der Waals surface area contributed by atoms with Crippen LogP contribution in [0.3, 0.4) is 0 Å². The Morgan fingerprint density at radius 2 is 1.72 bits per heavy atom. The standard InChI is InChI=1S/C19H19N5O4S/c1-3-9-21-16-15(17(25)22(10-4-2)19(21)26)23-14(11-29-18(23)20-16)12-5-7-13(8-6-12)24(27)28/h5-8,11H,3-4,9-10H2,1-2H3. The van der Waals surface area contributed by atoms with E-state index in [4.69, 9.17) is 0 Å². The van der Waals surface area contributed by atoms with Crippen molar-refractivity contribution in [3.05, 3.63) is 60.6 Å². The molecule has 0 spiro atoms. The predicted octanol–water partition coefficient (Wildman–Crippen LogP) is 3.27. The van der Waals surface area contributed by atoms with Gasteiger partial charge in [-0.05, 0) is 30.5 Å². The zero-order chi connectivity index (χ0) is 20.7. The Hall–Kier alpha value is -3.27. The Labute approximate surface area is 168 Å². The van der Waals surface area contributed by atoms with Crippen LogP contribution in [0.1, 0.15) is 26.7 Å². The molecule has 150 valence electrons. The first kappa shape index (κ1) is 19.1. The molecule has 0 saturated carbocycles. The molecule has 0 aliphatic heterocycles. The normalized spacial score (nSPS) is 11.5. The van der Waals surface area contributed by atoms with Crippen molar-refractivity contribution >= 4 is 33.1 Å². The molecule has 1 aromatic carbocycles. The first-order valence-corrected chi connectivity index (χ1v) is 10.2. The summed E-state index contributed by atoms with van der Waals surface area (Å²) in [5, 5.41) is 12.8. The number of nitro groups is 1. The molecule has 0 N–H and O–H groups in total. The third-order valence-corrected chi connectivity index (χ3v) is 5.60. The minimum Gasteiger partial charge on any atom is -0.276 e. The van der Waals surface area contributed by atoms with E-state index in [0.717, 1.165) is 12.0 Å². The van der Waals surface area contributed by atoms with E-state index >= 15 is 0 Å². The van der Waals surface area contributed by atoms with Gasteiger partial charge in [-0.1, -0.05) is 13.8 Å². The molecule has 0 fully saturated rings. The van der Waals surface area contributed by atoms with Crippen LogP contribution in [0.15, 0.2) is 39.2 Å². The van der Waals surface area contributed by atoms with Gasteiger partial charge in [0.05, 0.1) is 10.6 Å². The van der Waals surface area contributed by atoms with Crippen molar-refractivity contribution in [1.82, 2.24) is 18.5 Å². The minimum atomic E-state index is -0.452. The quantitative estimate of drug-likeness (QED) is 0.356. The summed E-state index contributed by atoms with van der Waals surface area (Å²) in [6.45, 7) is 4.69. The largest absolute Gasteiger partial charge is 0.332 e. The van der Waals surface area contributed by atoms with Crippen LogP contribution in [-0.2, 0) is 13.1 Å². The van der Waals surface area contributed by atoms with Crippen LogP contribution < -0.4 is 11.2 Å². The number of benzene rings is 1. The average Bonchev–Trinajstić information content (AvgIpc) is 3.28. The van der Waals surface area contributed by atoms with E-state index in [1.807, 2.05) is 19.2 Å². The summed E-state index contributed by atoms with van der Waals surface area (Å²) in [5.41, 5.74) is 1.47. The number of hydrogen-bond acceptors (Lipinski definition) is 6. The maximum Gasteiger partial charge on any atom is 0.332 e. The molecule has 0 radical (unpaired) electrons. The van der Waals surface area contributed by atoms with E-state index < -0.39 is 4.92 Å². The summed E-state index contributed by atoms with van der Waals surface area (Å²) < 4.78 is 4.58. The molecule has 3 aromatic heterocycles. The molecule has 0 aliphatic rings. The van der Waals surface area contributed by atoms with Gasteiger partial charge in [-0.3, -0.25) is 28.4 Å². The van der Waals surface area contributed by atoms with E-state index in [1.165, 1.54) is 28.0 Å². The van der Waals surface area contributed by atoms with Crippen molar-refractivity contribution in [2.45, 2.75) is 39.8 Å². The van der Waals surface area contributed by atoms with E-state index in [9.17, 15) is 19.7 Å². The number of fused-ring (bicyclic) bond motifs is 3. The van der Waals surface area contributed by atoms with Crippen LogP contribution in [0.25, 0.3) is 27.4 Å². The van der Waals surface area contributed by atoms with Crippen LogP contribution in [0, 0.1) is 10.1 Å². The van der Waals surface area contributed by atoms with Crippen molar-refractivity contribution in [2.24, 2.45) is 0 Å². The smallest absolute Gasteiger partial charge is 0.276 e. The van der Waals surface area contributed by atoms with Gasteiger partial charge in [-0.2, -0.15) is 0 Å². The SMILES string of the molecule is CCCn1c(=O)c2c(nc3scc(-c4ccc([N+](=O)[O-])cc4)n32)n(CCC)c1=O. The summed E-state index contributed by atoms with van der Waals surface area (Å²) in [6, 6.07) is 6.16. The van der Waals surface area contributed by atoms with Gasteiger partial charge in [0.1, 0.15) is 0 Å². The van der Waals surface area contributed by atoms with Crippen molar-refractivity contribution < 1.29 is 4.92 Å². The van der Waals surface area contributed by atoms with Gasteiger partial charge in [0.25, 0.3) is 11.2 Å². The Morgan fingerprint density at radius 1 is 1.07 bits per heavy atom. The molecular formula is C19H19N5O4S. The number of non-ortho nitro benzene ring substituents is 1. The number of aryl methyl sites for hydroxylation is 1. The fourth-order valence-electron chi connectivity index (χ4n) is 3.48. The lowest BCUT2D eigenvalue weighted by Crippen LogP contribution is -2.40. The molecule has 9 nitrogen and oxygen atoms in total. The van der Waals surface area contributed by atoms with Crippen LogP contribution in [0.5, 0.6) is 0 Å². The lowest BCUT2D eigenvalue weighted by atomic mass is 10.1. The molecule has 29 heavy (non-hydrogen) atoms. The van der Waals surface area contributed by atoms with Crippen LogP contribution in [0.2, 0.25) is 0 Å². The zero-order valence-electron chi connectivity index (χ0n) is 16.0. The van der Waals surface area contributed by atoms with Gasteiger partial charge < -0.3 is 0 Å². The van der Waals surface area contributed by atoms with E-state index in [-0.39, 0.29) is 16.9 Å². The Kier molecular flexibility index (Phi) is 4.79. The monoisotopic (exact) mass is 413 g/mol. The lowest BCUT2D eigenvalue weighted by Gasteiger charge is -2.10. The Morgan fingerprint density at radius 3 is 2.34 bits per heavy atom. The molecule has 0 atom stereocenters. The second-order valence-electron chi connectivity index (χ2n) is 6.72. The maximum absolute atomic E-state index is 13.2. The van der Waals surface area contributed by atoms with Crippen molar-refractivity contribution in [3.8, 4) is 11.3 Å². The van der Waals surface area contributed by atoms with Crippen LogP contribution >= 0.6 is 11.3 Å². The Bertz CT molecular complexity index is 1340. The summed E-state index contributed by atoms with van der Waals surface area (Å²) in [7, 11) is 0. The zero-order valence-corrected chi connectivity index (χ0v) is 16.8. The first-order valence-electron chi connectivity index (χ1n) is 9.36. The second kappa shape index (κ2) is 7.28. The van der Waals surface area contributed by atoms with Gasteiger partial charge in [0.2, 0.25) is 0 Å². The molecule has 3 heterocycles. The molecule has 0 bridgehead atoms. The molecule has 0 amide bonds. The summed E-state index contributed by atoms with van der Waals surface area (Å²) in [5.74, 6) is 0. The second-order valence-corrected chi connectivity index (χ2v) is 7.55. The number of aromatic nitrogens is 4. The highest BCUT2D eigenvalue weighted by Gasteiger charge is 2.21. The fourth-order valence-corrected chi connectivity index (χ4v) is 4.37. The number of nitro benzene ring substituents is 1. The third-order valence-electron chi connectivity index (χ3n) is 4.78. The van der Waals surface area contributed by atoms with E-state index in [1.54, 1.807) is 21.1 Å². The summed E-state index contributed by atoms with van der Waals surface area (Å²) >= 11 is 1.36. The lowest BCUT2D eigenvalue weighted by molar-refractivity contribution is -0.384. The summed E-state index contributed by atoms with van der Waals surface area (Å²) in [6.07, 6.45) is 1.40. The number of thiazole rings is 1. The highest BCUT2D eigenvalue weighted by molar-refractivity contribution is 7.15. The van der Waals surface area contributed by atoms with Crippen LogP contribution in [-0.4, -0.2) is 23.4 Å². The molecular weight excluding hydrogens is 394 g/mol. The van der Waals surface area contributed by atoms with Crippen molar-refractivity contribution in [2.75, 3.05) is 0 Å². The molecule has 10 heteroatoms. The third kappa shape index (κ3) is 2.96. The van der Waals surface area contributed by atoms with Crippen molar-refractivity contribution in [3.63, 3.8) is 0 Å². The molecule has 0 saturated heterocycles. The van der Waals surface area contributed by atoms with E-state index in [0.29, 0.717) is 41.3 Å². The minimum absolute atomic E-state index is 0.00204. The number of imidazole rings is 1. The Balaban J connectivity index is 2.06.